The van der Waals surface area contributed by atoms with Crippen LogP contribution in [0.4, 0.5) is 0 Å². The van der Waals surface area contributed by atoms with E-state index in [1.54, 1.807) is 0 Å². The van der Waals surface area contributed by atoms with Crippen molar-refractivity contribution in [3.63, 3.8) is 0 Å². The SMILES string of the molecule is CCCC(C)(C(=O)OC1C(C(C)C)CCCC1C(C)C)C(C)(C)C. The number of carbonyl (C=O) groups is 1. The Morgan fingerprint density at radius 3 is 1.79 bits per heavy atom. The van der Waals surface area contributed by atoms with E-state index >= 15 is 0 Å². The molecule has 0 aromatic rings. The third-order valence-electron chi connectivity index (χ3n) is 6.73. The lowest BCUT2D eigenvalue weighted by atomic mass is 9.65. The Hall–Kier alpha value is -0.530. The predicted molar refractivity (Wildman–Crippen MR) is 103 cm³/mol. The summed E-state index contributed by atoms with van der Waals surface area (Å²) in [5, 5.41) is 0. The second-order valence-electron chi connectivity index (χ2n) is 9.95. The second kappa shape index (κ2) is 8.23. The molecule has 0 bridgehead atoms. The van der Waals surface area contributed by atoms with Gasteiger partial charge in [-0.25, -0.2) is 0 Å². The number of carbonyl (C=O) groups excluding carboxylic acids is 1. The van der Waals surface area contributed by atoms with E-state index in [2.05, 4.69) is 62.3 Å². The smallest absolute Gasteiger partial charge is 0.312 e. The molecule has 0 radical (unpaired) electrons. The summed E-state index contributed by atoms with van der Waals surface area (Å²) in [5.74, 6) is 2.16. The number of hydrogen-bond donors (Lipinski definition) is 0. The first kappa shape index (κ1) is 21.5. The quantitative estimate of drug-likeness (QED) is 0.518. The average molecular weight is 339 g/mol. The van der Waals surface area contributed by atoms with Crippen molar-refractivity contribution in [1.82, 2.24) is 0 Å². The maximum absolute atomic E-state index is 13.3. The molecule has 0 aromatic carbocycles. The maximum Gasteiger partial charge on any atom is 0.312 e. The standard InChI is InChI=1S/C22H42O2/c1-10-14-22(9,21(6,7)8)20(23)24-19-17(15(2)3)12-11-13-18(19)16(4)5/h15-19H,10-14H2,1-9H3. The minimum Gasteiger partial charge on any atom is -0.461 e. The molecule has 0 heterocycles. The highest BCUT2D eigenvalue weighted by atomic mass is 16.5. The van der Waals surface area contributed by atoms with Gasteiger partial charge in [-0.1, -0.05) is 68.2 Å². The zero-order valence-corrected chi connectivity index (χ0v) is 17.7. The molecular formula is C22H42O2. The van der Waals surface area contributed by atoms with Crippen LogP contribution in [-0.4, -0.2) is 12.1 Å². The van der Waals surface area contributed by atoms with E-state index < -0.39 is 5.41 Å². The number of rotatable bonds is 6. The Balaban J connectivity index is 3.08. The van der Waals surface area contributed by atoms with Gasteiger partial charge in [-0.2, -0.15) is 0 Å². The Bertz CT molecular complexity index is 389. The van der Waals surface area contributed by atoms with Gasteiger partial charge in [0.25, 0.3) is 0 Å². The van der Waals surface area contributed by atoms with E-state index in [-0.39, 0.29) is 17.5 Å². The number of hydrogen-bond acceptors (Lipinski definition) is 2. The summed E-state index contributed by atoms with van der Waals surface area (Å²) in [7, 11) is 0. The van der Waals surface area contributed by atoms with Gasteiger partial charge in [0, 0.05) is 0 Å². The maximum atomic E-state index is 13.3. The number of esters is 1. The Morgan fingerprint density at radius 2 is 1.46 bits per heavy atom. The fraction of sp³-hybridized carbons (Fsp3) is 0.955. The van der Waals surface area contributed by atoms with E-state index in [0.717, 1.165) is 12.8 Å². The van der Waals surface area contributed by atoms with E-state index in [0.29, 0.717) is 23.7 Å². The molecule has 1 aliphatic carbocycles. The fourth-order valence-corrected chi connectivity index (χ4v) is 4.37. The van der Waals surface area contributed by atoms with Gasteiger partial charge in [0.1, 0.15) is 6.10 Å². The van der Waals surface area contributed by atoms with Crippen molar-refractivity contribution in [1.29, 1.82) is 0 Å². The first-order chi connectivity index (χ1) is 11.0. The summed E-state index contributed by atoms with van der Waals surface area (Å²) in [6, 6.07) is 0. The Labute approximate surface area is 151 Å². The van der Waals surface area contributed by atoms with Gasteiger partial charge in [0.2, 0.25) is 0 Å². The van der Waals surface area contributed by atoms with Crippen molar-refractivity contribution < 1.29 is 9.53 Å². The van der Waals surface area contributed by atoms with Crippen LogP contribution < -0.4 is 0 Å². The summed E-state index contributed by atoms with van der Waals surface area (Å²) < 4.78 is 6.34. The molecule has 0 aliphatic heterocycles. The highest BCUT2D eigenvalue weighted by Crippen LogP contribution is 2.46. The van der Waals surface area contributed by atoms with E-state index in [1.807, 2.05) is 0 Å². The van der Waals surface area contributed by atoms with Gasteiger partial charge in [-0.3, -0.25) is 4.79 Å². The lowest BCUT2D eigenvalue weighted by molar-refractivity contribution is -0.180. The third kappa shape index (κ3) is 4.55. The summed E-state index contributed by atoms with van der Waals surface area (Å²) in [6.07, 6.45) is 5.64. The van der Waals surface area contributed by atoms with Gasteiger partial charge < -0.3 is 4.74 Å². The summed E-state index contributed by atoms with van der Waals surface area (Å²) in [4.78, 5) is 13.3. The van der Waals surface area contributed by atoms with Gasteiger partial charge in [-0.05, 0) is 55.3 Å². The van der Waals surface area contributed by atoms with Crippen LogP contribution >= 0.6 is 0 Å². The molecule has 1 saturated carbocycles. The summed E-state index contributed by atoms with van der Waals surface area (Å²) >= 11 is 0. The Kier molecular flexibility index (Phi) is 7.38. The molecule has 1 rings (SSSR count). The number of ether oxygens (including phenoxy) is 1. The fourth-order valence-electron chi connectivity index (χ4n) is 4.37. The Morgan fingerprint density at radius 1 is 1.00 bits per heavy atom. The van der Waals surface area contributed by atoms with Crippen LogP contribution in [-0.2, 0) is 9.53 Å². The predicted octanol–water partition coefficient (Wildman–Crippen LogP) is 6.48. The molecule has 3 unspecified atom stereocenters. The zero-order chi connectivity index (χ0) is 18.7. The van der Waals surface area contributed by atoms with E-state index in [1.165, 1.54) is 19.3 Å². The molecule has 3 atom stereocenters. The molecule has 1 aliphatic rings. The molecule has 0 spiro atoms. The van der Waals surface area contributed by atoms with E-state index in [9.17, 15) is 4.79 Å². The molecule has 0 aromatic heterocycles. The third-order valence-corrected chi connectivity index (χ3v) is 6.73. The van der Waals surface area contributed by atoms with Gasteiger partial charge in [-0.15, -0.1) is 0 Å². The van der Waals surface area contributed by atoms with Gasteiger partial charge in [0.05, 0.1) is 5.41 Å². The molecule has 2 heteroatoms. The molecule has 0 amide bonds. The van der Waals surface area contributed by atoms with E-state index in [4.69, 9.17) is 4.74 Å². The highest BCUT2D eigenvalue weighted by molar-refractivity contribution is 5.77. The van der Waals surface area contributed by atoms with Crippen molar-refractivity contribution >= 4 is 5.97 Å². The molecule has 0 saturated heterocycles. The van der Waals surface area contributed by atoms with Crippen LogP contribution in [0.15, 0.2) is 0 Å². The minimum atomic E-state index is -0.414. The van der Waals surface area contributed by atoms with Crippen molar-refractivity contribution in [3.8, 4) is 0 Å². The first-order valence-electron chi connectivity index (χ1n) is 10.2. The molecule has 142 valence electrons. The van der Waals surface area contributed by atoms with Crippen LogP contribution in [0.2, 0.25) is 0 Å². The van der Waals surface area contributed by atoms with Gasteiger partial charge in [0.15, 0.2) is 0 Å². The zero-order valence-electron chi connectivity index (χ0n) is 17.7. The summed E-state index contributed by atoms with van der Waals surface area (Å²) in [5.41, 5.74) is -0.502. The lowest BCUT2D eigenvalue weighted by Gasteiger charge is -2.45. The lowest BCUT2D eigenvalue weighted by Crippen LogP contribution is -2.48. The molecule has 1 fully saturated rings. The second-order valence-corrected chi connectivity index (χ2v) is 9.95. The van der Waals surface area contributed by atoms with Crippen LogP contribution in [0.3, 0.4) is 0 Å². The molecule has 24 heavy (non-hydrogen) atoms. The van der Waals surface area contributed by atoms with Crippen LogP contribution in [0.25, 0.3) is 0 Å². The van der Waals surface area contributed by atoms with Crippen molar-refractivity contribution in [2.24, 2.45) is 34.5 Å². The van der Waals surface area contributed by atoms with Crippen LogP contribution in [0, 0.1) is 34.5 Å². The molecular weight excluding hydrogens is 296 g/mol. The summed E-state index contributed by atoms with van der Waals surface area (Å²) in [6.45, 7) is 19.9. The molecule has 0 N–H and O–H groups in total. The average Bonchev–Trinajstić information content (AvgIpc) is 2.45. The first-order valence-corrected chi connectivity index (χ1v) is 10.2. The van der Waals surface area contributed by atoms with Crippen molar-refractivity contribution in [2.45, 2.75) is 101 Å². The minimum absolute atomic E-state index is 0.0278. The van der Waals surface area contributed by atoms with Gasteiger partial charge >= 0.3 is 5.97 Å². The van der Waals surface area contributed by atoms with Crippen molar-refractivity contribution in [2.75, 3.05) is 0 Å². The monoisotopic (exact) mass is 338 g/mol. The van der Waals surface area contributed by atoms with Crippen LogP contribution in [0.1, 0.15) is 94.4 Å². The largest absolute Gasteiger partial charge is 0.461 e. The highest BCUT2D eigenvalue weighted by Gasteiger charge is 2.48. The van der Waals surface area contributed by atoms with Crippen molar-refractivity contribution in [3.05, 3.63) is 0 Å². The van der Waals surface area contributed by atoms with Crippen LogP contribution in [0.5, 0.6) is 0 Å². The topological polar surface area (TPSA) is 26.3 Å². The normalized spacial score (nSPS) is 28.0. The molecule has 2 nitrogen and oxygen atoms in total.